The molecule has 0 saturated carbocycles. The maximum absolute atomic E-state index is 9.12. The Morgan fingerprint density at radius 1 is 1.22 bits per heavy atom. The first kappa shape index (κ1) is 12.5. The highest BCUT2D eigenvalue weighted by Crippen LogP contribution is 2.15. The van der Waals surface area contributed by atoms with Crippen LogP contribution in [0.1, 0.15) is 17.0 Å². The van der Waals surface area contributed by atoms with Gasteiger partial charge in [0.25, 0.3) is 0 Å². The van der Waals surface area contributed by atoms with Crippen LogP contribution in [-0.2, 0) is 13.2 Å². The Balaban J connectivity index is 2.14. The van der Waals surface area contributed by atoms with Crippen LogP contribution in [0.4, 0.5) is 5.82 Å². The molecule has 2 heterocycles. The monoisotopic (exact) mass is 243 g/mol. The van der Waals surface area contributed by atoms with Crippen LogP contribution < -0.4 is 4.90 Å². The summed E-state index contributed by atoms with van der Waals surface area (Å²) >= 11 is 0. The van der Waals surface area contributed by atoms with Crippen LogP contribution >= 0.6 is 0 Å². The number of aromatic nitrogens is 2. The molecular weight excluding hydrogens is 226 g/mol. The van der Waals surface area contributed by atoms with Gasteiger partial charge in [0.2, 0.25) is 0 Å². The van der Waals surface area contributed by atoms with E-state index in [1.807, 2.05) is 49.2 Å². The van der Waals surface area contributed by atoms with Gasteiger partial charge in [-0.1, -0.05) is 12.1 Å². The Labute approximate surface area is 107 Å². The van der Waals surface area contributed by atoms with Crippen molar-refractivity contribution in [2.24, 2.45) is 0 Å². The standard InChI is InChI=1S/C14H17N3O/c1-11-12(10-18)6-7-14(16-11)17(2)9-13-5-3-4-8-15-13/h3-8,18H,9-10H2,1-2H3. The van der Waals surface area contributed by atoms with Crippen molar-refractivity contribution in [3.63, 3.8) is 0 Å². The van der Waals surface area contributed by atoms with Crippen molar-refractivity contribution < 1.29 is 5.11 Å². The zero-order chi connectivity index (χ0) is 13.0. The summed E-state index contributed by atoms with van der Waals surface area (Å²) in [6.45, 7) is 2.65. The molecule has 0 aliphatic carbocycles. The van der Waals surface area contributed by atoms with Crippen LogP contribution in [0.5, 0.6) is 0 Å². The summed E-state index contributed by atoms with van der Waals surface area (Å²) in [6.07, 6.45) is 1.79. The van der Waals surface area contributed by atoms with E-state index in [2.05, 4.69) is 9.97 Å². The number of nitrogens with zero attached hydrogens (tertiary/aromatic N) is 3. The average Bonchev–Trinajstić information content (AvgIpc) is 2.39. The van der Waals surface area contributed by atoms with Crippen LogP contribution in [0.25, 0.3) is 0 Å². The Morgan fingerprint density at radius 2 is 2.06 bits per heavy atom. The fourth-order valence-electron chi connectivity index (χ4n) is 1.77. The zero-order valence-corrected chi connectivity index (χ0v) is 10.7. The lowest BCUT2D eigenvalue weighted by Gasteiger charge is -2.18. The topological polar surface area (TPSA) is 49.2 Å². The summed E-state index contributed by atoms with van der Waals surface area (Å²) < 4.78 is 0. The second-order valence-corrected chi connectivity index (χ2v) is 4.25. The largest absolute Gasteiger partial charge is 0.392 e. The summed E-state index contributed by atoms with van der Waals surface area (Å²) in [5.74, 6) is 0.885. The van der Waals surface area contributed by atoms with Gasteiger partial charge >= 0.3 is 0 Å². The van der Waals surface area contributed by atoms with Crippen molar-refractivity contribution in [3.8, 4) is 0 Å². The predicted molar refractivity (Wildman–Crippen MR) is 71.2 cm³/mol. The van der Waals surface area contributed by atoms with Crippen molar-refractivity contribution >= 4 is 5.82 Å². The molecule has 0 saturated heterocycles. The van der Waals surface area contributed by atoms with E-state index in [4.69, 9.17) is 5.11 Å². The molecule has 1 N–H and O–H groups in total. The van der Waals surface area contributed by atoms with Crippen molar-refractivity contribution in [2.45, 2.75) is 20.1 Å². The van der Waals surface area contributed by atoms with Gasteiger partial charge in [-0.2, -0.15) is 0 Å². The number of pyridine rings is 2. The molecule has 0 unspecified atom stereocenters. The van der Waals surface area contributed by atoms with E-state index in [1.54, 1.807) is 6.20 Å². The molecule has 2 rings (SSSR count). The Morgan fingerprint density at radius 3 is 2.67 bits per heavy atom. The van der Waals surface area contributed by atoms with Crippen LogP contribution in [0.15, 0.2) is 36.5 Å². The van der Waals surface area contributed by atoms with Crippen molar-refractivity contribution in [2.75, 3.05) is 11.9 Å². The molecule has 2 aromatic heterocycles. The molecule has 4 nitrogen and oxygen atoms in total. The first-order chi connectivity index (χ1) is 8.70. The maximum atomic E-state index is 9.12. The fraction of sp³-hybridized carbons (Fsp3) is 0.286. The minimum absolute atomic E-state index is 0.0308. The summed E-state index contributed by atoms with van der Waals surface area (Å²) in [5, 5.41) is 9.12. The molecule has 0 fully saturated rings. The van der Waals surface area contributed by atoms with Gasteiger partial charge in [0, 0.05) is 18.9 Å². The van der Waals surface area contributed by atoms with E-state index in [1.165, 1.54) is 0 Å². The number of anilines is 1. The van der Waals surface area contributed by atoms with Crippen LogP contribution in [0.3, 0.4) is 0 Å². The van der Waals surface area contributed by atoms with Gasteiger partial charge in [0.1, 0.15) is 5.82 Å². The lowest BCUT2D eigenvalue weighted by molar-refractivity contribution is 0.280. The third-order valence-corrected chi connectivity index (χ3v) is 2.87. The third kappa shape index (κ3) is 2.84. The van der Waals surface area contributed by atoms with Gasteiger partial charge in [-0.25, -0.2) is 4.98 Å². The molecule has 0 bridgehead atoms. The van der Waals surface area contributed by atoms with Gasteiger partial charge in [0.15, 0.2) is 0 Å². The van der Waals surface area contributed by atoms with Gasteiger partial charge in [-0.15, -0.1) is 0 Å². The number of hydrogen-bond acceptors (Lipinski definition) is 4. The molecule has 0 atom stereocenters. The molecule has 0 aromatic carbocycles. The van der Waals surface area contributed by atoms with E-state index in [-0.39, 0.29) is 6.61 Å². The summed E-state index contributed by atoms with van der Waals surface area (Å²) in [6, 6.07) is 9.70. The highest BCUT2D eigenvalue weighted by atomic mass is 16.3. The molecule has 2 aromatic rings. The average molecular weight is 243 g/mol. The van der Waals surface area contributed by atoms with E-state index >= 15 is 0 Å². The first-order valence-corrected chi connectivity index (χ1v) is 5.89. The highest BCUT2D eigenvalue weighted by molar-refractivity contribution is 5.41. The quantitative estimate of drug-likeness (QED) is 0.891. The maximum Gasteiger partial charge on any atom is 0.128 e. The Kier molecular flexibility index (Phi) is 3.89. The molecule has 0 spiro atoms. The molecule has 0 aliphatic rings. The second-order valence-electron chi connectivity index (χ2n) is 4.25. The minimum atomic E-state index is 0.0308. The first-order valence-electron chi connectivity index (χ1n) is 5.89. The van der Waals surface area contributed by atoms with E-state index < -0.39 is 0 Å². The lowest BCUT2D eigenvalue weighted by atomic mass is 10.2. The highest BCUT2D eigenvalue weighted by Gasteiger charge is 2.06. The smallest absolute Gasteiger partial charge is 0.128 e. The van der Waals surface area contributed by atoms with E-state index in [0.29, 0.717) is 6.54 Å². The second kappa shape index (κ2) is 5.60. The molecule has 94 valence electrons. The number of aliphatic hydroxyl groups excluding tert-OH is 1. The van der Waals surface area contributed by atoms with Gasteiger partial charge in [-0.3, -0.25) is 4.98 Å². The Hall–Kier alpha value is -1.94. The lowest BCUT2D eigenvalue weighted by Crippen LogP contribution is -2.18. The SMILES string of the molecule is Cc1nc(N(C)Cc2ccccn2)ccc1CO. The predicted octanol–water partition coefficient (Wildman–Crippen LogP) is 1.91. The molecule has 0 radical (unpaired) electrons. The molecule has 0 amide bonds. The van der Waals surface area contributed by atoms with Crippen LogP contribution in [0.2, 0.25) is 0 Å². The van der Waals surface area contributed by atoms with Crippen molar-refractivity contribution in [3.05, 3.63) is 53.5 Å². The minimum Gasteiger partial charge on any atom is -0.392 e. The fourth-order valence-corrected chi connectivity index (χ4v) is 1.77. The van der Waals surface area contributed by atoms with Crippen LogP contribution in [0, 0.1) is 6.92 Å². The third-order valence-electron chi connectivity index (χ3n) is 2.87. The number of hydrogen-bond donors (Lipinski definition) is 1. The molecule has 0 aliphatic heterocycles. The molecular formula is C14H17N3O. The zero-order valence-electron chi connectivity index (χ0n) is 10.7. The van der Waals surface area contributed by atoms with Crippen molar-refractivity contribution in [1.82, 2.24) is 9.97 Å². The Bertz CT molecular complexity index is 514. The normalized spacial score (nSPS) is 10.4. The number of aryl methyl sites for hydroxylation is 1. The van der Waals surface area contributed by atoms with Gasteiger partial charge in [-0.05, 0) is 30.7 Å². The van der Waals surface area contributed by atoms with Crippen LogP contribution in [-0.4, -0.2) is 22.1 Å². The number of aliphatic hydroxyl groups is 1. The summed E-state index contributed by atoms with van der Waals surface area (Å²) in [5.41, 5.74) is 2.73. The molecule has 18 heavy (non-hydrogen) atoms. The van der Waals surface area contributed by atoms with E-state index in [9.17, 15) is 0 Å². The summed E-state index contributed by atoms with van der Waals surface area (Å²) in [7, 11) is 1.98. The number of rotatable bonds is 4. The van der Waals surface area contributed by atoms with Crippen molar-refractivity contribution in [1.29, 1.82) is 0 Å². The van der Waals surface area contributed by atoms with Gasteiger partial charge in [0.05, 0.1) is 18.8 Å². The summed E-state index contributed by atoms with van der Waals surface area (Å²) in [4.78, 5) is 10.8. The van der Waals surface area contributed by atoms with Gasteiger partial charge < -0.3 is 10.0 Å². The van der Waals surface area contributed by atoms with E-state index in [0.717, 1.165) is 22.8 Å². The molecule has 4 heteroatoms.